The van der Waals surface area contributed by atoms with Crippen molar-refractivity contribution in [2.45, 2.75) is 10.6 Å². The minimum absolute atomic E-state index is 0.375. The Morgan fingerprint density at radius 1 is 1.42 bits per heavy atom. The van der Waals surface area contributed by atoms with E-state index in [1.54, 1.807) is 18.2 Å². The van der Waals surface area contributed by atoms with Crippen molar-refractivity contribution in [1.82, 2.24) is 5.43 Å². The number of carbonyl (C=O) groups is 1. The molecule has 1 aromatic heterocycles. The minimum atomic E-state index is -0.375. The Morgan fingerprint density at radius 3 is 2.89 bits per heavy atom. The van der Waals surface area contributed by atoms with Gasteiger partial charge < -0.3 is 10.2 Å². The second kappa shape index (κ2) is 6.01. The zero-order valence-corrected chi connectivity index (χ0v) is 11.4. The molecule has 0 bridgehead atoms. The number of furan rings is 1. The fourth-order valence-electron chi connectivity index (χ4n) is 1.48. The Morgan fingerprint density at radius 2 is 2.21 bits per heavy atom. The van der Waals surface area contributed by atoms with Crippen LogP contribution in [-0.4, -0.2) is 5.91 Å². The van der Waals surface area contributed by atoms with E-state index in [4.69, 9.17) is 27.6 Å². The molecule has 0 atom stereocenters. The molecule has 0 saturated carbocycles. The van der Waals surface area contributed by atoms with Crippen molar-refractivity contribution in [3.05, 3.63) is 46.9 Å². The predicted octanol–water partition coefficient (Wildman–Crippen LogP) is 2.41. The molecule has 0 aliphatic carbocycles. The van der Waals surface area contributed by atoms with Crippen LogP contribution < -0.4 is 17.0 Å². The quantitative estimate of drug-likeness (QED) is 0.265. The Kier molecular flexibility index (Phi) is 4.36. The lowest BCUT2D eigenvalue weighted by Crippen LogP contribution is -2.30. The predicted molar refractivity (Wildman–Crippen MR) is 75.8 cm³/mol. The van der Waals surface area contributed by atoms with Crippen LogP contribution in [0, 0.1) is 0 Å². The number of thioether (sulfide) groups is 1. The maximum absolute atomic E-state index is 11.5. The van der Waals surface area contributed by atoms with Crippen LogP contribution in [0.5, 0.6) is 0 Å². The first kappa shape index (κ1) is 13.8. The van der Waals surface area contributed by atoms with E-state index in [1.807, 2.05) is 6.07 Å². The van der Waals surface area contributed by atoms with Crippen molar-refractivity contribution in [1.29, 1.82) is 0 Å². The number of rotatable bonds is 4. The summed E-state index contributed by atoms with van der Waals surface area (Å²) in [4.78, 5) is 12.4. The summed E-state index contributed by atoms with van der Waals surface area (Å²) in [5.74, 6) is 5.77. The first-order chi connectivity index (χ1) is 9.11. The maximum atomic E-state index is 11.5. The molecule has 0 unspecified atom stereocenters. The van der Waals surface area contributed by atoms with Gasteiger partial charge in [0.2, 0.25) is 0 Å². The summed E-state index contributed by atoms with van der Waals surface area (Å²) in [6.45, 7) is 0. The summed E-state index contributed by atoms with van der Waals surface area (Å²) < 4.78 is 5.27. The molecule has 0 aliphatic rings. The summed E-state index contributed by atoms with van der Waals surface area (Å²) in [7, 11) is 0. The molecule has 2 aromatic rings. The molecule has 1 heterocycles. The number of hydrazine groups is 1. The molecule has 1 amide bonds. The van der Waals surface area contributed by atoms with Crippen molar-refractivity contribution in [3.8, 4) is 0 Å². The van der Waals surface area contributed by atoms with Gasteiger partial charge in [-0.1, -0.05) is 11.6 Å². The van der Waals surface area contributed by atoms with Crippen LogP contribution in [0.15, 0.2) is 39.8 Å². The van der Waals surface area contributed by atoms with Crippen molar-refractivity contribution in [2.75, 3.05) is 5.73 Å². The average Bonchev–Trinajstić information content (AvgIpc) is 2.87. The molecule has 7 heteroatoms. The summed E-state index contributed by atoms with van der Waals surface area (Å²) in [5.41, 5.74) is 8.67. The normalized spacial score (nSPS) is 10.4. The molecular weight excluding hydrogens is 286 g/mol. The van der Waals surface area contributed by atoms with Crippen molar-refractivity contribution < 1.29 is 9.21 Å². The standard InChI is InChI=1S/C12H12ClN3O2S/c13-9-5-7(1-2-10(9)14)19-6-11-8(3-4-18-11)12(17)16-15/h1-5H,6,14-15H2,(H,16,17). The van der Waals surface area contributed by atoms with Gasteiger partial charge in [0.25, 0.3) is 5.91 Å². The molecule has 1 aromatic carbocycles. The molecule has 19 heavy (non-hydrogen) atoms. The fraction of sp³-hybridized carbons (Fsp3) is 0.0833. The fourth-order valence-corrected chi connectivity index (χ4v) is 2.61. The second-order valence-corrected chi connectivity index (χ2v) is 5.16. The third-order valence-electron chi connectivity index (χ3n) is 2.46. The van der Waals surface area contributed by atoms with E-state index in [9.17, 15) is 4.79 Å². The van der Waals surface area contributed by atoms with E-state index in [2.05, 4.69) is 5.43 Å². The number of carbonyl (C=O) groups excluding carboxylic acids is 1. The number of nitrogens with one attached hydrogen (secondary N) is 1. The van der Waals surface area contributed by atoms with E-state index in [0.717, 1.165) is 4.90 Å². The van der Waals surface area contributed by atoms with E-state index in [-0.39, 0.29) is 5.91 Å². The summed E-state index contributed by atoms with van der Waals surface area (Å²) in [5, 5.41) is 0.504. The molecule has 0 radical (unpaired) electrons. The van der Waals surface area contributed by atoms with Crippen molar-refractivity contribution >= 4 is 35.0 Å². The number of halogens is 1. The Labute approximate surface area is 119 Å². The van der Waals surface area contributed by atoms with Gasteiger partial charge in [0.1, 0.15) is 5.76 Å². The minimum Gasteiger partial charge on any atom is -0.468 e. The van der Waals surface area contributed by atoms with Crippen molar-refractivity contribution in [2.24, 2.45) is 5.84 Å². The molecule has 0 fully saturated rings. The van der Waals surface area contributed by atoms with Crippen LogP contribution in [0.25, 0.3) is 0 Å². The van der Waals surface area contributed by atoms with Crippen LogP contribution in [-0.2, 0) is 5.75 Å². The molecule has 5 nitrogen and oxygen atoms in total. The third-order valence-corrected chi connectivity index (χ3v) is 3.78. The Bertz CT molecular complexity index is 600. The molecule has 0 saturated heterocycles. The summed E-state index contributed by atoms with van der Waals surface area (Å²) in [6.07, 6.45) is 1.45. The largest absolute Gasteiger partial charge is 0.468 e. The number of amides is 1. The number of anilines is 1. The first-order valence-corrected chi connectivity index (χ1v) is 6.73. The third kappa shape index (κ3) is 3.23. The number of nitrogen functional groups attached to an aromatic ring is 2. The van der Waals surface area contributed by atoms with Crippen LogP contribution in [0.4, 0.5) is 5.69 Å². The van der Waals surface area contributed by atoms with Crippen LogP contribution in [0.3, 0.4) is 0 Å². The number of hydrogen-bond acceptors (Lipinski definition) is 5. The molecule has 100 valence electrons. The second-order valence-electron chi connectivity index (χ2n) is 3.70. The van der Waals surface area contributed by atoms with E-state index >= 15 is 0 Å². The molecule has 0 spiro atoms. The van der Waals surface area contributed by atoms with Gasteiger partial charge in [0.05, 0.1) is 28.3 Å². The lowest BCUT2D eigenvalue weighted by atomic mass is 10.2. The van der Waals surface area contributed by atoms with E-state index in [1.165, 1.54) is 18.0 Å². The highest BCUT2D eigenvalue weighted by Gasteiger charge is 2.13. The van der Waals surface area contributed by atoms with Gasteiger partial charge >= 0.3 is 0 Å². The zero-order valence-electron chi connectivity index (χ0n) is 9.85. The SMILES string of the molecule is NNC(=O)c1ccoc1CSc1ccc(N)c(Cl)c1. The molecule has 0 aliphatic heterocycles. The maximum Gasteiger partial charge on any atom is 0.268 e. The highest BCUT2D eigenvalue weighted by molar-refractivity contribution is 7.98. The van der Waals surface area contributed by atoms with Gasteiger partial charge in [0.15, 0.2) is 0 Å². The number of hydrogen-bond donors (Lipinski definition) is 3. The van der Waals surface area contributed by atoms with E-state index in [0.29, 0.717) is 27.8 Å². The summed E-state index contributed by atoms with van der Waals surface area (Å²) in [6, 6.07) is 6.94. The van der Waals surface area contributed by atoms with Gasteiger partial charge in [-0.25, -0.2) is 5.84 Å². The lowest BCUT2D eigenvalue weighted by Gasteiger charge is -2.04. The van der Waals surface area contributed by atoms with Gasteiger partial charge in [0, 0.05) is 4.90 Å². The topological polar surface area (TPSA) is 94.3 Å². The van der Waals surface area contributed by atoms with Gasteiger partial charge in [-0.05, 0) is 24.3 Å². The zero-order chi connectivity index (χ0) is 13.8. The number of benzene rings is 1. The van der Waals surface area contributed by atoms with Gasteiger partial charge in [-0.3, -0.25) is 10.2 Å². The van der Waals surface area contributed by atoms with Crippen LogP contribution >= 0.6 is 23.4 Å². The highest BCUT2D eigenvalue weighted by atomic mass is 35.5. The van der Waals surface area contributed by atoms with Gasteiger partial charge in [-0.15, -0.1) is 11.8 Å². The molecule has 2 rings (SSSR count). The lowest BCUT2D eigenvalue weighted by molar-refractivity contribution is 0.0952. The Hall–Kier alpha value is -1.63. The monoisotopic (exact) mass is 297 g/mol. The highest BCUT2D eigenvalue weighted by Crippen LogP contribution is 2.29. The van der Waals surface area contributed by atoms with E-state index < -0.39 is 0 Å². The average molecular weight is 298 g/mol. The Balaban J connectivity index is 2.08. The summed E-state index contributed by atoms with van der Waals surface area (Å²) >= 11 is 7.42. The van der Waals surface area contributed by atoms with Crippen LogP contribution in [0.1, 0.15) is 16.1 Å². The molecule has 5 N–H and O–H groups in total. The van der Waals surface area contributed by atoms with Crippen molar-refractivity contribution in [3.63, 3.8) is 0 Å². The first-order valence-electron chi connectivity index (χ1n) is 5.37. The number of nitrogens with two attached hydrogens (primary N) is 2. The smallest absolute Gasteiger partial charge is 0.268 e. The molecular formula is C12H12ClN3O2S. The van der Waals surface area contributed by atoms with Gasteiger partial charge in [-0.2, -0.15) is 0 Å². The van der Waals surface area contributed by atoms with Crippen LogP contribution in [0.2, 0.25) is 5.02 Å².